The van der Waals surface area contributed by atoms with Crippen molar-refractivity contribution in [3.05, 3.63) is 18.2 Å². The van der Waals surface area contributed by atoms with E-state index in [2.05, 4.69) is 0 Å². The normalized spacial score (nSPS) is 21.0. The number of ether oxygens (including phenoxy) is 4. The molecule has 0 aromatic heterocycles. The Morgan fingerprint density at radius 3 is 3.14 bits per heavy atom. The maximum absolute atomic E-state index is 12.1. The average Bonchev–Trinajstić information content (AvgIpc) is 2.84. The Bertz CT molecular complexity index is 520. The topological polar surface area (TPSA) is 77.5 Å². The predicted octanol–water partition coefficient (Wildman–Crippen LogP) is 0.0138. The first kappa shape index (κ1) is 14.0. The Balaban J connectivity index is 1.55. The van der Waals surface area contributed by atoms with Gasteiger partial charge < -0.3 is 29.0 Å². The van der Waals surface area contributed by atoms with Crippen molar-refractivity contribution < 1.29 is 28.8 Å². The van der Waals surface area contributed by atoms with E-state index >= 15 is 0 Å². The highest BCUT2D eigenvalue weighted by atomic mass is 16.7. The van der Waals surface area contributed by atoms with E-state index in [-0.39, 0.29) is 32.5 Å². The number of aliphatic hydroxyl groups is 1. The molecule has 114 valence electrons. The second kappa shape index (κ2) is 6.19. The van der Waals surface area contributed by atoms with Crippen molar-refractivity contribution in [2.45, 2.75) is 6.10 Å². The van der Waals surface area contributed by atoms with Gasteiger partial charge in [-0.2, -0.15) is 0 Å². The number of benzene rings is 1. The molecule has 0 spiro atoms. The number of nitrogens with zero attached hydrogens (tertiary/aromatic N) is 1. The van der Waals surface area contributed by atoms with Gasteiger partial charge in [0.1, 0.15) is 5.75 Å². The number of hydrogen-bond donors (Lipinski definition) is 1. The van der Waals surface area contributed by atoms with Gasteiger partial charge in [0.05, 0.1) is 19.3 Å². The zero-order valence-electron chi connectivity index (χ0n) is 11.5. The van der Waals surface area contributed by atoms with Gasteiger partial charge in [0, 0.05) is 19.2 Å². The lowest BCUT2D eigenvalue weighted by Crippen LogP contribution is -2.40. The molecule has 0 unspecified atom stereocenters. The fourth-order valence-electron chi connectivity index (χ4n) is 2.22. The number of rotatable bonds is 3. The molecule has 1 amide bonds. The van der Waals surface area contributed by atoms with E-state index in [4.69, 9.17) is 18.9 Å². The molecular weight excluding hydrogens is 278 g/mol. The van der Waals surface area contributed by atoms with E-state index in [0.29, 0.717) is 30.4 Å². The number of carbonyl (C=O) groups is 1. The van der Waals surface area contributed by atoms with E-state index < -0.39 is 6.10 Å². The summed E-state index contributed by atoms with van der Waals surface area (Å²) in [5, 5.41) is 9.61. The number of carbonyl (C=O) groups excluding carboxylic acids is 1. The number of amides is 1. The van der Waals surface area contributed by atoms with Crippen LogP contribution in [0.3, 0.4) is 0 Å². The standard InChI is InChI=1S/C14H17NO6/c16-10-6-15(3-4-18-7-10)14(17)8-19-11-1-2-12-13(5-11)21-9-20-12/h1-2,5,10,16H,3-4,6-9H2/t10-/m0/s1. The van der Waals surface area contributed by atoms with Crippen molar-refractivity contribution in [1.82, 2.24) is 4.90 Å². The Hall–Kier alpha value is -1.99. The first-order chi connectivity index (χ1) is 10.2. The van der Waals surface area contributed by atoms with Crippen molar-refractivity contribution in [2.24, 2.45) is 0 Å². The molecular formula is C14H17NO6. The van der Waals surface area contributed by atoms with Crippen LogP contribution in [0.4, 0.5) is 0 Å². The van der Waals surface area contributed by atoms with Gasteiger partial charge in [-0.05, 0) is 12.1 Å². The first-order valence-corrected chi connectivity index (χ1v) is 6.78. The van der Waals surface area contributed by atoms with Gasteiger partial charge in [0.25, 0.3) is 5.91 Å². The van der Waals surface area contributed by atoms with E-state index in [9.17, 15) is 9.90 Å². The van der Waals surface area contributed by atoms with Crippen molar-refractivity contribution in [3.63, 3.8) is 0 Å². The van der Waals surface area contributed by atoms with Crippen molar-refractivity contribution in [1.29, 1.82) is 0 Å². The summed E-state index contributed by atoms with van der Waals surface area (Å²) in [5.41, 5.74) is 0. The molecule has 1 aromatic carbocycles. The highest BCUT2D eigenvalue weighted by Crippen LogP contribution is 2.35. The van der Waals surface area contributed by atoms with Crippen LogP contribution in [0, 0.1) is 0 Å². The van der Waals surface area contributed by atoms with Crippen LogP contribution in [0.2, 0.25) is 0 Å². The summed E-state index contributed by atoms with van der Waals surface area (Å²) in [4.78, 5) is 13.6. The third-order valence-corrected chi connectivity index (χ3v) is 3.31. The summed E-state index contributed by atoms with van der Waals surface area (Å²) in [6, 6.07) is 5.16. The maximum Gasteiger partial charge on any atom is 0.260 e. The number of β-amino-alcohol motifs (C(OH)–C–C–N with tert-alkyl or cyclic N) is 1. The van der Waals surface area contributed by atoms with Gasteiger partial charge in [0.15, 0.2) is 18.1 Å². The predicted molar refractivity (Wildman–Crippen MR) is 71.5 cm³/mol. The Kier molecular flexibility index (Phi) is 4.12. The van der Waals surface area contributed by atoms with Gasteiger partial charge in [0.2, 0.25) is 6.79 Å². The van der Waals surface area contributed by atoms with Crippen molar-refractivity contribution in [3.8, 4) is 17.2 Å². The summed E-state index contributed by atoms with van der Waals surface area (Å²) in [6.07, 6.45) is -0.651. The second-order valence-electron chi connectivity index (χ2n) is 4.87. The molecule has 2 aliphatic rings. The van der Waals surface area contributed by atoms with Crippen molar-refractivity contribution >= 4 is 5.91 Å². The lowest BCUT2D eigenvalue weighted by molar-refractivity contribution is -0.134. The minimum atomic E-state index is -0.651. The third kappa shape index (κ3) is 3.37. The Morgan fingerprint density at radius 2 is 2.24 bits per heavy atom. The largest absolute Gasteiger partial charge is 0.484 e. The molecule has 1 aromatic rings. The molecule has 1 N–H and O–H groups in total. The van der Waals surface area contributed by atoms with Crippen LogP contribution in [0.25, 0.3) is 0 Å². The third-order valence-electron chi connectivity index (χ3n) is 3.31. The number of hydrogen-bond acceptors (Lipinski definition) is 6. The lowest BCUT2D eigenvalue weighted by atomic mass is 10.3. The van der Waals surface area contributed by atoms with Crippen molar-refractivity contribution in [2.75, 3.05) is 39.7 Å². The maximum atomic E-state index is 12.1. The van der Waals surface area contributed by atoms with Gasteiger partial charge in [-0.15, -0.1) is 0 Å². The zero-order chi connectivity index (χ0) is 14.7. The number of aliphatic hydroxyl groups excluding tert-OH is 1. The summed E-state index contributed by atoms with van der Waals surface area (Å²) in [6.45, 7) is 1.51. The lowest BCUT2D eigenvalue weighted by Gasteiger charge is -2.21. The van der Waals surface area contributed by atoms with Gasteiger partial charge in [-0.3, -0.25) is 4.79 Å². The smallest absolute Gasteiger partial charge is 0.260 e. The van der Waals surface area contributed by atoms with Crippen LogP contribution in [0.5, 0.6) is 17.2 Å². The van der Waals surface area contributed by atoms with Crippen LogP contribution >= 0.6 is 0 Å². The molecule has 7 nitrogen and oxygen atoms in total. The molecule has 1 fully saturated rings. The van der Waals surface area contributed by atoms with Gasteiger partial charge in [-0.1, -0.05) is 0 Å². The van der Waals surface area contributed by atoms with Gasteiger partial charge in [-0.25, -0.2) is 0 Å². The van der Waals surface area contributed by atoms with E-state index in [1.54, 1.807) is 23.1 Å². The fraction of sp³-hybridized carbons (Fsp3) is 0.500. The quantitative estimate of drug-likeness (QED) is 0.846. The molecule has 0 aliphatic carbocycles. The minimum Gasteiger partial charge on any atom is -0.484 e. The molecule has 1 atom stereocenters. The molecule has 0 saturated carbocycles. The van der Waals surface area contributed by atoms with E-state index in [0.717, 1.165) is 0 Å². The van der Waals surface area contributed by atoms with E-state index in [1.807, 2.05) is 0 Å². The highest BCUT2D eigenvalue weighted by Gasteiger charge is 2.21. The monoisotopic (exact) mass is 295 g/mol. The Morgan fingerprint density at radius 1 is 1.38 bits per heavy atom. The van der Waals surface area contributed by atoms with Gasteiger partial charge >= 0.3 is 0 Å². The summed E-state index contributed by atoms with van der Waals surface area (Å²) in [5.74, 6) is 1.64. The molecule has 0 radical (unpaired) electrons. The average molecular weight is 295 g/mol. The molecule has 0 bridgehead atoms. The summed E-state index contributed by atoms with van der Waals surface area (Å²) < 4.78 is 21.1. The first-order valence-electron chi connectivity index (χ1n) is 6.78. The summed E-state index contributed by atoms with van der Waals surface area (Å²) >= 11 is 0. The molecule has 2 heterocycles. The minimum absolute atomic E-state index is 0.0909. The number of fused-ring (bicyclic) bond motifs is 1. The SMILES string of the molecule is O=C(COc1ccc2c(c1)OCO2)N1CCOC[C@@H](O)C1. The second-order valence-corrected chi connectivity index (χ2v) is 4.87. The molecule has 7 heteroatoms. The Labute approximate surface area is 122 Å². The summed E-state index contributed by atoms with van der Waals surface area (Å²) in [7, 11) is 0. The fourth-order valence-corrected chi connectivity index (χ4v) is 2.22. The highest BCUT2D eigenvalue weighted by molar-refractivity contribution is 5.77. The zero-order valence-corrected chi connectivity index (χ0v) is 11.5. The molecule has 2 aliphatic heterocycles. The van der Waals surface area contributed by atoms with Crippen LogP contribution in [-0.4, -0.2) is 61.7 Å². The molecule has 3 rings (SSSR count). The van der Waals surface area contributed by atoms with Crippen LogP contribution in [0.15, 0.2) is 18.2 Å². The van der Waals surface area contributed by atoms with E-state index in [1.165, 1.54) is 0 Å². The molecule has 21 heavy (non-hydrogen) atoms. The van der Waals surface area contributed by atoms with Crippen LogP contribution in [-0.2, 0) is 9.53 Å². The van der Waals surface area contributed by atoms with Crippen LogP contribution < -0.4 is 14.2 Å². The molecule has 1 saturated heterocycles. The van der Waals surface area contributed by atoms with Crippen LogP contribution in [0.1, 0.15) is 0 Å².